The number of nitrogens with zero attached hydrogens (tertiary/aromatic N) is 4. The van der Waals surface area contributed by atoms with Gasteiger partial charge in [-0.2, -0.15) is 20.5 Å². The van der Waals surface area contributed by atoms with Crippen LogP contribution >= 0.6 is 0 Å². The zero-order valence-corrected chi connectivity index (χ0v) is 30.1. The Kier molecular flexibility index (Phi) is 37.6. The zero-order chi connectivity index (χ0) is 34.8. The first-order valence-electron chi connectivity index (χ1n) is 16.4. The number of Topliss-reactive ketones (excluding diaryl/α,β-unsaturated/α-hetero) is 1. The van der Waals surface area contributed by atoms with Gasteiger partial charge in [0.05, 0.1) is 11.4 Å². The summed E-state index contributed by atoms with van der Waals surface area (Å²) in [7, 11) is 0. The van der Waals surface area contributed by atoms with E-state index in [4.69, 9.17) is 0 Å². The number of ketones is 1. The maximum absolute atomic E-state index is 12.4. The van der Waals surface area contributed by atoms with Crippen molar-refractivity contribution in [3.05, 3.63) is 90.5 Å². The molecule has 0 fully saturated rings. The molecule has 0 heterocycles. The number of carbonyl (C=O) groups excluding carboxylic acids is 2. The molecule has 7 heteroatoms. The summed E-state index contributed by atoms with van der Waals surface area (Å²) < 4.78 is 0. The molecule has 3 rings (SSSR count). The van der Waals surface area contributed by atoms with Gasteiger partial charge in [0.25, 0.3) is 5.91 Å². The van der Waals surface area contributed by atoms with Crippen molar-refractivity contribution in [1.29, 1.82) is 0 Å². The predicted octanol–water partition coefficient (Wildman–Crippen LogP) is 12.2. The van der Waals surface area contributed by atoms with Gasteiger partial charge < -0.3 is 5.32 Å². The van der Waals surface area contributed by atoms with Crippen LogP contribution in [0.4, 0.5) is 17.1 Å². The van der Waals surface area contributed by atoms with Crippen LogP contribution in [0.5, 0.6) is 0 Å². The molecule has 0 saturated carbocycles. The molecule has 0 radical (unpaired) electrons. The van der Waals surface area contributed by atoms with Crippen LogP contribution < -0.4 is 5.32 Å². The van der Waals surface area contributed by atoms with Crippen LogP contribution in [0.1, 0.15) is 102 Å². The molecular formula is C37H61N5O2. The van der Waals surface area contributed by atoms with Crippen molar-refractivity contribution >= 4 is 28.8 Å². The normalized spacial score (nSPS) is 10.4. The lowest BCUT2D eigenvalue weighted by atomic mass is 10.0. The van der Waals surface area contributed by atoms with Gasteiger partial charge in [0.15, 0.2) is 5.78 Å². The molecule has 3 aromatic carbocycles. The standard InChI is InChI=1S/C25H25N5O2.6C2H6/c1-18(27-29-22-9-5-3-6-10-22)24(31)17-20-13-15-21(16-14-20)26-25(32)19(2)28-30-23-11-7-4-8-12-23;6*1-2/h3-16,18-19H,17H2,1-2H3,(H,26,32);6*1-2H3. The van der Waals surface area contributed by atoms with E-state index in [0.29, 0.717) is 17.1 Å². The molecule has 0 aliphatic carbocycles. The number of amides is 1. The quantitative estimate of drug-likeness (QED) is 0.245. The van der Waals surface area contributed by atoms with Gasteiger partial charge >= 0.3 is 0 Å². The second-order valence-electron chi connectivity index (χ2n) is 7.28. The minimum Gasteiger partial charge on any atom is -0.324 e. The first-order chi connectivity index (χ1) is 21.5. The first kappa shape index (κ1) is 46.9. The Labute approximate surface area is 269 Å². The fourth-order valence-corrected chi connectivity index (χ4v) is 2.71. The molecular weight excluding hydrogens is 546 g/mol. The van der Waals surface area contributed by atoms with Crippen LogP contribution in [0, 0.1) is 0 Å². The number of benzene rings is 3. The van der Waals surface area contributed by atoms with E-state index in [1.165, 1.54) is 0 Å². The number of nitrogens with one attached hydrogen (secondary N) is 1. The van der Waals surface area contributed by atoms with Crippen molar-refractivity contribution in [3.8, 4) is 0 Å². The zero-order valence-electron chi connectivity index (χ0n) is 30.1. The highest BCUT2D eigenvalue weighted by atomic mass is 16.2. The average Bonchev–Trinajstić information content (AvgIpc) is 3.13. The summed E-state index contributed by atoms with van der Waals surface area (Å²) in [4.78, 5) is 24.8. The van der Waals surface area contributed by atoms with Crippen molar-refractivity contribution in [2.24, 2.45) is 20.5 Å². The number of rotatable bonds is 9. The number of hydrogen-bond acceptors (Lipinski definition) is 6. The Morgan fingerprint density at radius 1 is 0.545 bits per heavy atom. The monoisotopic (exact) mass is 607 g/mol. The summed E-state index contributed by atoms with van der Waals surface area (Å²) in [6.07, 6.45) is 0.241. The average molecular weight is 608 g/mol. The third-order valence-electron chi connectivity index (χ3n) is 4.65. The van der Waals surface area contributed by atoms with Crippen LogP contribution in [0.3, 0.4) is 0 Å². The minimum atomic E-state index is -0.632. The summed E-state index contributed by atoms with van der Waals surface area (Å²) >= 11 is 0. The molecule has 7 nitrogen and oxygen atoms in total. The molecule has 1 N–H and O–H groups in total. The molecule has 246 valence electrons. The van der Waals surface area contributed by atoms with Gasteiger partial charge in [0.1, 0.15) is 12.1 Å². The van der Waals surface area contributed by atoms with E-state index in [9.17, 15) is 9.59 Å². The number of hydrogen-bond donors (Lipinski definition) is 1. The van der Waals surface area contributed by atoms with E-state index >= 15 is 0 Å². The van der Waals surface area contributed by atoms with Crippen LogP contribution in [-0.2, 0) is 16.0 Å². The molecule has 3 aromatic rings. The van der Waals surface area contributed by atoms with Gasteiger partial charge in [-0.25, -0.2) is 0 Å². The van der Waals surface area contributed by atoms with Gasteiger partial charge in [0, 0.05) is 12.1 Å². The van der Waals surface area contributed by atoms with E-state index in [1.807, 2.05) is 156 Å². The van der Waals surface area contributed by atoms with E-state index in [2.05, 4.69) is 25.8 Å². The maximum atomic E-state index is 12.4. The van der Waals surface area contributed by atoms with Crippen molar-refractivity contribution in [2.45, 2.75) is 115 Å². The molecule has 0 bridgehead atoms. The van der Waals surface area contributed by atoms with Crippen LogP contribution in [0.15, 0.2) is 105 Å². The largest absolute Gasteiger partial charge is 0.324 e. The number of azo groups is 2. The summed E-state index contributed by atoms with van der Waals surface area (Å²) in [5.41, 5.74) is 2.87. The molecule has 44 heavy (non-hydrogen) atoms. The lowest BCUT2D eigenvalue weighted by Crippen LogP contribution is -2.23. The SMILES string of the molecule is CC.CC.CC.CC.CC.CC.CC(N=Nc1ccccc1)C(=O)Cc1ccc(NC(=O)C(C)N=Nc2ccccc2)cc1. The smallest absolute Gasteiger partial charge is 0.250 e. The van der Waals surface area contributed by atoms with E-state index in [0.717, 1.165) is 5.56 Å². The predicted molar refractivity (Wildman–Crippen MR) is 193 cm³/mol. The van der Waals surface area contributed by atoms with Crippen LogP contribution in [-0.4, -0.2) is 23.8 Å². The van der Waals surface area contributed by atoms with Crippen LogP contribution in [0.2, 0.25) is 0 Å². The van der Waals surface area contributed by atoms with Crippen molar-refractivity contribution < 1.29 is 9.59 Å². The Morgan fingerprint density at radius 3 is 1.30 bits per heavy atom. The maximum Gasteiger partial charge on any atom is 0.250 e. The Hall–Kier alpha value is -4.00. The highest BCUT2D eigenvalue weighted by molar-refractivity contribution is 5.94. The minimum absolute atomic E-state index is 0.0311. The Morgan fingerprint density at radius 2 is 0.909 bits per heavy atom. The third-order valence-corrected chi connectivity index (χ3v) is 4.65. The Bertz CT molecular complexity index is 995. The molecule has 2 atom stereocenters. The van der Waals surface area contributed by atoms with Gasteiger partial charge in [-0.3, -0.25) is 9.59 Å². The number of anilines is 1. The Balaban J connectivity index is -0.000000595. The second-order valence-corrected chi connectivity index (χ2v) is 7.28. The lowest BCUT2D eigenvalue weighted by Gasteiger charge is -2.09. The van der Waals surface area contributed by atoms with E-state index in [1.54, 1.807) is 26.0 Å². The van der Waals surface area contributed by atoms with Gasteiger partial charge in [-0.1, -0.05) is 132 Å². The second kappa shape index (κ2) is 35.2. The fourth-order valence-electron chi connectivity index (χ4n) is 2.71. The summed E-state index contributed by atoms with van der Waals surface area (Å²) in [6, 6.07) is 24.5. The summed E-state index contributed by atoms with van der Waals surface area (Å²) in [6.45, 7) is 27.4. The highest BCUT2D eigenvalue weighted by Crippen LogP contribution is 2.15. The van der Waals surface area contributed by atoms with Gasteiger partial charge in [-0.15, -0.1) is 0 Å². The molecule has 2 unspecified atom stereocenters. The van der Waals surface area contributed by atoms with Gasteiger partial charge in [-0.05, 0) is 55.8 Å². The van der Waals surface area contributed by atoms with Crippen molar-refractivity contribution in [3.63, 3.8) is 0 Å². The molecule has 0 aliphatic heterocycles. The first-order valence-corrected chi connectivity index (χ1v) is 16.4. The summed E-state index contributed by atoms with van der Waals surface area (Å²) in [5, 5.41) is 19.2. The van der Waals surface area contributed by atoms with E-state index < -0.39 is 12.1 Å². The summed E-state index contributed by atoms with van der Waals surface area (Å²) in [5.74, 6) is -0.292. The molecule has 0 aliphatic rings. The fraction of sp³-hybridized carbons (Fsp3) is 0.459. The van der Waals surface area contributed by atoms with Crippen molar-refractivity contribution in [2.75, 3.05) is 5.32 Å². The van der Waals surface area contributed by atoms with Crippen LogP contribution in [0.25, 0.3) is 0 Å². The number of carbonyl (C=O) groups is 2. The molecule has 0 spiro atoms. The van der Waals surface area contributed by atoms with E-state index in [-0.39, 0.29) is 18.1 Å². The molecule has 1 amide bonds. The topological polar surface area (TPSA) is 95.6 Å². The van der Waals surface area contributed by atoms with Crippen molar-refractivity contribution in [1.82, 2.24) is 0 Å². The lowest BCUT2D eigenvalue weighted by molar-refractivity contribution is -0.119. The van der Waals surface area contributed by atoms with Gasteiger partial charge in [0.2, 0.25) is 0 Å². The highest BCUT2D eigenvalue weighted by Gasteiger charge is 2.14. The molecule has 0 aromatic heterocycles. The third kappa shape index (κ3) is 22.6. The molecule has 0 saturated heterocycles.